The van der Waals surface area contributed by atoms with Crippen molar-refractivity contribution in [3.63, 3.8) is 0 Å². The van der Waals surface area contributed by atoms with Crippen LogP contribution in [0.2, 0.25) is 0 Å². The normalized spacial score (nSPS) is 14.4. The minimum absolute atomic E-state index is 0.0368. The average Bonchev–Trinajstić information content (AvgIpc) is 3.20. The first kappa shape index (κ1) is 18.6. The van der Waals surface area contributed by atoms with Crippen molar-refractivity contribution < 1.29 is 9.18 Å². The molecule has 2 aromatic carbocycles. The van der Waals surface area contributed by atoms with Crippen LogP contribution in [0, 0.1) is 19.7 Å². The Balaban J connectivity index is 1.43. The van der Waals surface area contributed by atoms with Crippen LogP contribution < -0.4 is 4.90 Å². The van der Waals surface area contributed by atoms with E-state index in [1.165, 1.54) is 40.3 Å². The molecule has 3 aromatic rings. The van der Waals surface area contributed by atoms with Crippen LogP contribution in [0.4, 0.5) is 10.1 Å². The van der Waals surface area contributed by atoms with Crippen molar-refractivity contribution in [3.8, 4) is 10.6 Å². The Bertz CT molecular complexity index is 991. The molecule has 0 spiro atoms. The van der Waals surface area contributed by atoms with Crippen molar-refractivity contribution in [1.29, 1.82) is 0 Å². The molecule has 0 unspecified atom stereocenters. The molecule has 1 aliphatic rings. The van der Waals surface area contributed by atoms with Gasteiger partial charge in [0.05, 0.1) is 0 Å². The Morgan fingerprint density at radius 3 is 2.46 bits per heavy atom. The number of hydrogen-bond acceptors (Lipinski definition) is 4. The van der Waals surface area contributed by atoms with Gasteiger partial charge >= 0.3 is 0 Å². The van der Waals surface area contributed by atoms with E-state index in [2.05, 4.69) is 41.9 Å². The number of anilines is 1. The summed E-state index contributed by atoms with van der Waals surface area (Å²) in [5, 5.41) is 2.52. The largest absolute Gasteiger partial charge is 0.368 e. The summed E-state index contributed by atoms with van der Waals surface area (Å²) in [5.41, 5.74) is 5.12. The number of nitrogens with zero attached hydrogens (tertiary/aromatic N) is 3. The van der Waals surface area contributed by atoms with Gasteiger partial charge in [-0.25, -0.2) is 9.37 Å². The molecule has 28 heavy (non-hydrogen) atoms. The topological polar surface area (TPSA) is 36.4 Å². The Morgan fingerprint density at radius 1 is 1.04 bits per heavy atom. The average molecular weight is 396 g/mol. The third-order valence-electron chi connectivity index (χ3n) is 5.30. The molecule has 0 aliphatic carbocycles. The van der Waals surface area contributed by atoms with Crippen molar-refractivity contribution in [1.82, 2.24) is 9.88 Å². The predicted octanol–water partition coefficient (Wildman–Crippen LogP) is 4.53. The number of rotatable bonds is 3. The fraction of sp³-hybridized carbons (Fsp3) is 0.273. The number of thiazole rings is 1. The predicted molar refractivity (Wildman–Crippen MR) is 112 cm³/mol. The molecule has 4 rings (SSSR count). The molecular weight excluding hydrogens is 373 g/mol. The summed E-state index contributed by atoms with van der Waals surface area (Å²) in [5.74, 6) is -0.316. The van der Waals surface area contributed by atoms with Crippen molar-refractivity contribution in [2.24, 2.45) is 0 Å². The molecule has 4 nitrogen and oxygen atoms in total. The fourth-order valence-corrected chi connectivity index (χ4v) is 4.29. The highest BCUT2D eigenvalue weighted by molar-refractivity contribution is 7.13. The van der Waals surface area contributed by atoms with Crippen molar-refractivity contribution in [2.45, 2.75) is 13.8 Å². The Kier molecular flexibility index (Phi) is 5.13. The van der Waals surface area contributed by atoms with Crippen LogP contribution in [-0.2, 0) is 0 Å². The number of aromatic nitrogens is 1. The zero-order valence-corrected chi connectivity index (χ0v) is 16.8. The van der Waals surface area contributed by atoms with Gasteiger partial charge in [0.2, 0.25) is 0 Å². The van der Waals surface area contributed by atoms with Gasteiger partial charge in [0, 0.05) is 42.8 Å². The first-order chi connectivity index (χ1) is 13.5. The molecule has 6 heteroatoms. The minimum atomic E-state index is -0.279. The van der Waals surface area contributed by atoms with E-state index in [1.807, 2.05) is 4.90 Å². The molecular formula is C22H22FN3OS. The maximum Gasteiger partial charge on any atom is 0.273 e. The van der Waals surface area contributed by atoms with Gasteiger partial charge in [-0.1, -0.05) is 12.1 Å². The van der Waals surface area contributed by atoms with E-state index in [9.17, 15) is 9.18 Å². The van der Waals surface area contributed by atoms with Crippen molar-refractivity contribution >= 4 is 22.9 Å². The van der Waals surface area contributed by atoms with Crippen LogP contribution in [0.25, 0.3) is 10.6 Å². The molecule has 2 heterocycles. The lowest BCUT2D eigenvalue weighted by atomic mass is 10.1. The van der Waals surface area contributed by atoms with Gasteiger partial charge in [0.1, 0.15) is 16.5 Å². The van der Waals surface area contributed by atoms with Crippen LogP contribution in [-0.4, -0.2) is 42.0 Å². The van der Waals surface area contributed by atoms with E-state index in [4.69, 9.17) is 0 Å². The second kappa shape index (κ2) is 7.72. The van der Waals surface area contributed by atoms with Gasteiger partial charge in [-0.3, -0.25) is 4.79 Å². The first-order valence-corrected chi connectivity index (χ1v) is 10.2. The summed E-state index contributed by atoms with van der Waals surface area (Å²) in [7, 11) is 0. The van der Waals surface area contributed by atoms with E-state index in [0.29, 0.717) is 18.8 Å². The zero-order valence-electron chi connectivity index (χ0n) is 16.0. The van der Waals surface area contributed by atoms with E-state index in [0.717, 1.165) is 23.7 Å². The summed E-state index contributed by atoms with van der Waals surface area (Å²) in [6.07, 6.45) is 0. The van der Waals surface area contributed by atoms with Crippen LogP contribution in [0.1, 0.15) is 21.6 Å². The standard InChI is InChI=1S/C22H22FN3OS/c1-15-4-3-5-20(16(15)2)25-10-12-26(13-11-25)22(27)19-14-28-21(24-19)17-6-8-18(23)9-7-17/h3-9,14H,10-13H2,1-2H3. The monoisotopic (exact) mass is 395 g/mol. The molecule has 1 fully saturated rings. The van der Waals surface area contributed by atoms with Crippen molar-refractivity contribution in [3.05, 3.63) is 70.5 Å². The molecule has 1 saturated heterocycles. The Hall–Kier alpha value is -2.73. The highest BCUT2D eigenvalue weighted by Gasteiger charge is 2.25. The molecule has 1 aromatic heterocycles. The number of piperazine rings is 1. The molecule has 0 N–H and O–H groups in total. The summed E-state index contributed by atoms with van der Waals surface area (Å²) in [6.45, 7) is 7.25. The van der Waals surface area contributed by atoms with E-state index in [-0.39, 0.29) is 11.7 Å². The van der Waals surface area contributed by atoms with E-state index < -0.39 is 0 Å². The third kappa shape index (κ3) is 3.64. The van der Waals surface area contributed by atoms with Gasteiger partial charge in [-0.2, -0.15) is 0 Å². The van der Waals surface area contributed by atoms with E-state index >= 15 is 0 Å². The van der Waals surface area contributed by atoms with Crippen LogP contribution in [0.3, 0.4) is 0 Å². The molecule has 1 aliphatic heterocycles. The lowest BCUT2D eigenvalue weighted by molar-refractivity contribution is 0.0742. The van der Waals surface area contributed by atoms with Crippen LogP contribution >= 0.6 is 11.3 Å². The maximum absolute atomic E-state index is 13.1. The molecule has 1 amide bonds. The Morgan fingerprint density at radius 2 is 1.75 bits per heavy atom. The summed E-state index contributed by atoms with van der Waals surface area (Å²) in [4.78, 5) is 21.5. The maximum atomic E-state index is 13.1. The minimum Gasteiger partial charge on any atom is -0.368 e. The number of carbonyl (C=O) groups is 1. The number of hydrogen-bond donors (Lipinski definition) is 0. The van der Waals surface area contributed by atoms with Gasteiger partial charge in [0.15, 0.2) is 0 Å². The first-order valence-electron chi connectivity index (χ1n) is 9.35. The third-order valence-corrected chi connectivity index (χ3v) is 6.19. The van der Waals surface area contributed by atoms with Gasteiger partial charge < -0.3 is 9.80 Å². The molecule has 0 bridgehead atoms. The van der Waals surface area contributed by atoms with Gasteiger partial charge in [-0.05, 0) is 55.3 Å². The highest BCUT2D eigenvalue weighted by Crippen LogP contribution is 2.26. The van der Waals surface area contributed by atoms with E-state index in [1.54, 1.807) is 17.5 Å². The van der Waals surface area contributed by atoms with Gasteiger partial charge in [-0.15, -0.1) is 11.3 Å². The number of aryl methyl sites for hydroxylation is 1. The number of carbonyl (C=O) groups excluding carboxylic acids is 1. The highest BCUT2D eigenvalue weighted by atomic mass is 32.1. The smallest absolute Gasteiger partial charge is 0.273 e. The van der Waals surface area contributed by atoms with Crippen LogP contribution in [0.15, 0.2) is 47.8 Å². The SMILES string of the molecule is Cc1cccc(N2CCN(C(=O)c3csc(-c4ccc(F)cc4)n3)CC2)c1C. The quantitative estimate of drug-likeness (QED) is 0.654. The molecule has 144 valence electrons. The van der Waals surface area contributed by atoms with Crippen LogP contribution in [0.5, 0.6) is 0 Å². The van der Waals surface area contributed by atoms with Gasteiger partial charge in [0.25, 0.3) is 5.91 Å². The Labute approximate surface area is 168 Å². The summed E-state index contributed by atoms with van der Waals surface area (Å²) < 4.78 is 13.1. The fourth-order valence-electron chi connectivity index (χ4n) is 3.49. The second-order valence-electron chi connectivity index (χ2n) is 7.04. The number of amides is 1. The number of halogens is 1. The zero-order chi connectivity index (χ0) is 19.7. The molecule has 0 saturated carbocycles. The summed E-state index contributed by atoms with van der Waals surface area (Å²) in [6, 6.07) is 12.5. The molecule has 0 radical (unpaired) electrons. The molecule has 0 atom stereocenters. The number of benzene rings is 2. The summed E-state index contributed by atoms with van der Waals surface area (Å²) >= 11 is 1.41. The van der Waals surface area contributed by atoms with Crippen molar-refractivity contribution in [2.75, 3.05) is 31.1 Å². The lowest BCUT2D eigenvalue weighted by Crippen LogP contribution is -2.49. The second-order valence-corrected chi connectivity index (χ2v) is 7.90. The lowest BCUT2D eigenvalue weighted by Gasteiger charge is -2.36.